The van der Waals surface area contributed by atoms with E-state index in [1.165, 1.54) is 0 Å². The molecule has 0 unspecified atom stereocenters. The standard InChI is InChI=1S/C10H16N2O2/c11-10-4-2-1-3-8(10)5-12-9(6-13)7-14/h1-4,9,12-14H,5-7,11H2. The lowest BCUT2D eigenvalue weighted by molar-refractivity contribution is 0.170. The molecule has 1 aromatic rings. The first-order chi connectivity index (χ1) is 6.77. The summed E-state index contributed by atoms with van der Waals surface area (Å²) in [5.41, 5.74) is 7.41. The van der Waals surface area contributed by atoms with Crippen LogP contribution < -0.4 is 11.1 Å². The van der Waals surface area contributed by atoms with Gasteiger partial charge < -0.3 is 21.3 Å². The Morgan fingerprint density at radius 2 is 1.86 bits per heavy atom. The topological polar surface area (TPSA) is 78.5 Å². The summed E-state index contributed by atoms with van der Waals surface area (Å²) in [6.07, 6.45) is 0. The number of nitrogens with two attached hydrogens (primary N) is 1. The van der Waals surface area contributed by atoms with E-state index in [-0.39, 0.29) is 19.3 Å². The summed E-state index contributed by atoms with van der Waals surface area (Å²) in [6, 6.07) is 7.22. The molecule has 0 spiro atoms. The summed E-state index contributed by atoms with van der Waals surface area (Å²) in [4.78, 5) is 0. The lowest BCUT2D eigenvalue weighted by atomic mass is 10.1. The third-order valence-corrected chi connectivity index (χ3v) is 2.08. The predicted octanol–water partition coefficient (Wildman–Crippen LogP) is -0.288. The van der Waals surface area contributed by atoms with Crippen LogP contribution in [0.25, 0.3) is 0 Å². The molecule has 0 fully saturated rings. The number of anilines is 1. The van der Waals surface area contributed by atoms with Crippen LogP contribution in [-0.4, -0.2) is 29.5 Å². The van der Waals surface area contributed by atoms with E-state index in [0.717, 1.165) is 11.3 Å². The average Bonchev–Trinajstić information content (AvgIpc) is 2.22. The summed E-state index contributed by atoms with van der Waals surface area (Å²) in [7, 11) is 0. The van der Waals surface area contributed by atoms with Gasteiger partial charge in [-0.05, 0) is 11.6 Å². The summed E-state index contributed by atoms with van der Waals surface area (Å²) in [6.45, 7) is 0.394. The molecule has 5 N–H and O–H groups in total. The minimum Gasteiger partial charge on any atom is -0.398 e. The number of aliphatic hydroxyl groups excluding tert-OH is 2. The zero-order valence-electron chi connectivity index (χ0n) is 7.98. The molecule has 78 valence electrons. The zero-order valence-corrected chi connectivity index (χ0v) is 7.98. The Labute approximate surface area is 83.4 Å². The van der Waals surface area contributed by atoms with Gasteiger partial charge in [-0.1, -0.05) is 18.2 Å². The van der Waals surface area contributed by atoms with E-state index in [1.807, 2.05) is 24.3 Å². The van der Waals surface area contributed by atoms with Gasteiger partial charge in [0.25, 0.3) is 0 Å². The Kier molecular flexibility index (Phi) is 4.39. The van der Waals surface area contributed by atoms with Crippen LogP contribution in [0.15, 0.2) is 24.3 Å². The van der Waals surface area contributed by atoms with Crippen LogP contribution in [0.5, 0.6) is 0 Å². The molecular formula is C10H16N2O2. The van der Waals surface area contributed by atoms with Crippen LogP contribution in [0, 0.1) is 0 Å². The Morgan fingerprint density at radius 3 is 2.43 bits per heavy atom. The molecule has 14 heavy (non-hydrogen) atoms. The van der Waals surface area contributed by atoms with E-state index >= 15 is 0 Å². The van der Waals surface area contributed by atoms with E-state index in [1.54, 1.807) is 0 Å². The first kappa shape index (κ1) is 11.0. The van der Waals surface area contributed by atoms with E-state index in [2.05, 4.69) is 5.32 Å². The maximum absolute atomic E-state index is 8.82. The lowest BCUT2D eigenvalue weighted by Gasteiger charge is -2.13. The smallest absolute Gasteiger partial charge is 0.0607 e. The maximum atomic E-state index is 8.82. The van der Waals surface area contributed by atoms with Crippen LogP contribution in [0.2, 0.25) is 0 Å². The normalized spacial score (nSPS) is 10.8. The van der Waals surface area contributed by atoms with Crippen LogP contribution in [0.1, 0.15) is 5.56 Å². The van der Waals surface area contributed by atoms with Crippen molar-refractivity contribution in [2.75, 3.05) is 18.9 Å². The number of hydrogen-bond donors (Lipinski definition) is 4. The molecule has 0 aliphatic rings. The molecule has 0 amide bonds. The third kappa shape index (κ3) is 2.99. The summed E-state index contributed by atoms with van der Waals surface area (Å²) < 4.78 is 0. The molecule has 0 saturated heterocycles. The zero-order chi connectivity index (χ0) is 10.4. The fourth-order valence-electron chi connectivity index (χ4n) is 1.14. The first-order valence-corrected chi connectivity index (χ1v) is 4.56. The Morgan fingerprint density at radius 1 is 1.21 bits per heavy atom. The number of aliphatic hydroxyl groups is 2. The molecule has 0 atom stereocenters. The maximum Gasteiger partial charge on any atom is 0.0607 e. The van der Waals surface area contributed by atoms with E-state index in [4.69, 9.17) is 15.9 Å². The number of rotatable bonds is 5. The fourth-order valence-corrected chi connectivity index (χ4v) is 1.14. The molecule has 0 saturated carbocycles. The van der Waals surface area contributed by atoms with Crippen molar-refractivity contribution in [3.63, 3.8) is 0 Å². The van der Waals surface area contributed by atoms with Crippen molar-refractivity contribution in [2.45, 2.75) is 12.6 Å². The van der Waals surface area contributed by atoms with E-state index < -0.39 is 0 Å². The monoisotopic (exact) mass is 196 g/mol. The van der Waals surface area contributed by atoms with E-state index in [0.29, 0.717) is 6.54 Å². The first-order valence-electron chi connectivity index (χ1n) is 4.56. The number of hydrogen-bond acceptors (Lipinski definition) is 4. The highest BCUT2D eigenvalue weighted by Crippen LogP contribution is 2.09. The van der Waals surface area contributed by atoms with E-state index in [9.17, 15) is 0 Å². The molecule has 4 heteroatoms. The summed E-state index contributed by atoms with van der Waals surface area (Å²) in [5, 5.41) is 20.6. The molecular weight excluding hydrogens is 180 g/mol. The van der Waals surface area contributed by atoms with Crippen LogP contribution in [-0.2, 0) is 6.54 Å². The van der Waals surface area contributed by atoms with Crippen molar-refractivity contribution in [3.8, 4) is 0 Å². The van der Waals surface area contributed by atoms with Gasteiger partial charge in [0.1, 0.15) is 0 Å². The highest BCUT2D eigenvalue weighted by molar-refractivity contribution is 5.46. The molecule has 0 aromatic heterocycles. The molecule has 1 rings (SSSR count). The number of benzene rings is 1. The van der Waals surface area contributed by atoms with Gasteiger partial charge in [-0.25, -0.2) is 0 Å². The van der Waals surface area contributed by atoms with Gasteiger partial charge in [0.2, 0.25) is 0 Å². The van der Waals surface area contributed by atoms with Gasteiger partial charge >= 0.3 is 0 Å². The largest absolute Gasteiger partial charge is 0.398 e. The van der Waals surface area contributed by atoms with Crippen molar-refractivity contribution < 1.29 is 10.2 Å². The highest BCUT2D eigenvalue weighted by Gasteiger charge is 2.05. The van der Waals surface area contributed by atoms with Crippen molar-refractivity contribution in [3.05, 3.63) is 29.8 Å². The molecule has 0 heterocycles. The van der Waals surface area contributed by atoms with Crippen molar-refractivity contribution in [2.24, 2.45) is 0 Å². The Hall–Kier alpha value is -1.10. The molecule has 0 aliphatic carbocycles. The van der Waals surface area contributed by atoms with Gasteiger partial charge in [0.05, 0.1) is 19.3 Å². The highest BCUT2D eigenvalue weighted by atomic mass is 16.3. The van der Waals surface area contributed by atoms with Crippen LogP contribution in [0.4, 0.5) is 5.69 Å². The second-order valence-corrected chi connectivity index (χ2v) is 3.14. The summed E-state index contributed by atoms with van der Waals surface area (Å²) >= 11 is 0. The number of para-hydroxylation sites is 1. The van der Waals surface area contributed by atoms with Crippen LogP contribution >= 0.6 is 0 Å². The van der Waals surface area contributed by atoms with Crippen LogP contribution in [0.3, 0.4) is 0 Å². The van der Waals surface area contributed by atoms with Gasteiger partial charge in [0.15, 0.2) is 0 Å². The average molecular weight is 196 g/mol. The number of nitrogens with one attached hydrogen (secondary N) is 1. The lowest BCUT2D eigenvalue weighted by Crippen LogP contribution is -2.35. The fraction of sp³-hybridized carbons (Fsp3) is 0.400. The van der Waals surface area contributed by atoms with Crippen molar-refractivity contribution in [1.29, 1.82) is 0 Å². The minimum atomic E-state index is -0.283. The molecule has 0 aliphatic heterocycles. The van der Waals surface area contributed by atoms with Gasteiger partial charge in [-0.3, -0.25) is 0 Å². The Balaban J connectivity index is 2.49. The predicted molar refractivity (Wildman–Crippen MR) is 55.7 cm³/mol. The third-order valence-electron chi connectivity index (χ3n) is 2.08. The van der Waals surface area contributed by atoms with Gasteiger partial charge in [-0.15, -0.1) is 0 Å². The quantitative estimate of drug-likeness (QED) is 0.488. The van der Waals surface area contributed by atoms with Gasteiger partial charge in [0, 0.05) is 12.2 Å². The minimum absolute atomic E-state index is 0.0801. The van der Waals surface area contributed by atoms with Crippen molar-refractivity contribution in [1.82, 2.24) is 5.32 Å². The number of nitrogen functional groups attached to an aromatic ring is 1. The molecule has 0 radical (unpaired) electrons. The Bertz CT molecular complexity index is 275. The van der Waals surface area contributed by atoms with Crippen molar-refractivity contribution >= 4 is 5.69 Å². The molecule has 1 aromatic carbocycles. The molecule has 0 bridgehead atoms. The molecule has 4 nitrogen and oxygen atoms in total. The second-order valence-electron chi connectivity index (χ2n) is 3.14. The summed E-state index contributed by atoms with van der Waals surface area (Å²) in [5.74, 6) is 0. The van der Waals surface area contributed by atoms with Gasteiger partial charge in [-0.2, -0.15) is 0 Å². The second kappa shape index (κ2) is 5.59. The SMILES string of the molecule is Nc1ccccc1CNC(CO)CO.